The van der Waals surface area contributed by atoms with Gasteiger partial charge in [0.15, 0.2) is 0 Å². The molecule has 0 saturated carbocycles. The number of piperidine rings is 1. The quantitative estimate of drug-likeness (QED) is 0.718. The highest BCUT2D eigenvalue weighted by molar-refractivity contribution is 5.85. The van der Waals surface area contributed by atoms with Crippen LogP contribution in [0.5, 0.6) is 0 Å². The van der Waals surface area contributed by atoms with Gasteiger partial charge in [-0.05, 0) is 51.4 Å². The van der Waals surface area contributed by atoms with Crippen LogP contribution < -0.4 is 5.73 Å². The third-order valence-corrected chi connectivity index (χ3v) is 6.45. The van der Waals surface area contributed by atoms with Crippen LogP contribution >= 0.6 is 24.8 Å². The Kier molecular flexibility index (Phi) is 9.83. The molecule has 2 aromatic carbocycles. The molecule has 166 valence electrons. The lowest BCUT2D eigenvalue weighted by molar-refractivity contribution is -0.143. The van der Waals surface area contributed by atoms with Gasteiger partial charge < -0.3 is 10.6 Å². The summed E-state index contributed by atoms with van der Waals surface area (Å²) in [6.45, 7) is 3.88. The second kappa shape index (κ2) is 11.1. The number of benzene rings is 2. The van der Waals surface area contributed by atoms with Crippen LogP contribution in [0.15, 0.2) is 60.7 Å². The van der Waals surface area contributed by atoms with Crippen LogP contribution in [0.4, 0.5) is 0 Å². The van der Waals surface area contributed by atoms with Crippen molar-refractivity contribution in [2.75, 3.05) is 33.7 Å². The van der Waals surface area contributed by atoms with Gasteiger partial charge >= 0.3 is 0 Å². The average molecular weight is 452 g/mol. The van der Waals surface area contributed by atoms with Crippen molar-refractivity contribution >= 4 is 30.7 Å². The molecular weight excluding hydrogens is 417 g/mol. The zero-order valence-electron chi connectivity index (χ0n) is 18.2. The zero-order valence-corrected chi connectivity index (χ0v) is 19.8. The zero-order chi connectivity index (χ0) is 20.2. The van der Waals surface area contributed by atoms with E-state index in [1.807, 2.05) is 30.0 Å². The third kappa shape index (κ3) is 5.36. The predicted molar refractivity (Wildman–Crippen MR) is 129 cm³/mol. The maximum Gasteiger partial charge on any atom is 0.230 e. The van der Waals surface area contributed by atoms with E-state index < -0.39 is 5.41 Å². The second-order valence-corrected chi connectivity index (χ2v) is 8.51. The smallest absolute Gasteiger partial charge is 0.230 e. The summed E-state index contributed by atoms with van der Waals surface area (Å²) in [6.07, 6.45) is 2.54. The Morgan fingerprint density at radius 1 is 1.00 bits per heavy atom. The van der Waals surface area contributed by atoms with Gasteiger partial charge in [0.25, 0.3) is 0 Å². The van der Waals surface area contributed by atoms with Gasteiger partial charge in [-0.1, -0.05) is 60.7 Å². The topological polar surface area (TPSA) is 49.6 Å². The van der Waals surface area contributed by atoms with E-state index in [1.54, 1.807) is 0 Å². The molecule has 4 nitrogen and oxygen atoms in total. The number of hydrogen-bond donors (Lipinski definition) is 1. The van der Waals surface area contributed by atoms with Crippen molar-refractivity contribution in [2.24, 2.45) is 11.1 Å². The average Bonchev–Trinajstić information content (AvgIpc) is 2.74. The second-order valence-electron chi connectivity index (χ2n) is 8.51. The van der Waals surface area contributed by atoms with Crippen molar-refractivity contribution < 1.29 is 4.79 Å². The summed E-state index contributed by atoms with van der Waals surface area (Å²) in [7, 11) is 4.29. The maximum absolute atomic E-state index is 13.4. The van der Waals surface area contributed by atoms with Crippen LogP contribution in [0, 0.1) is 5.41 Å². The van der Waals surface area contributed by atoms with Crippen LogP contribution in [-0.2, 0) is 16.8 Å². The molecule has 1 amide bonds. The Bertz CT molecular complexity index is 778. The van der Waals surface area contributed by atoms with E-state index in [1.165, 1.54) is 5.56 Å². The van der Waals surface area contributed by atoms with E-state index >= 15 is 0 Å². The predicted octanol–water partition coefficient (Wildman–Crippen LogP) is 4.12. The molecule has 3 rings (SSSR count). The largest absolute Gasteiger partial charge is 0.342 e. The molecule has 2 N–H and O–H groups in total. The molecule has 0 aromatic heterocycles. The van der Waals surface area contributed by atoms with Gasteiger partial charge in [-0.3, -0.25) is 9.69 Å². The minimum absolute atomic E-state index is 0. The number of carbonyl (C=O) groups excluding carboxylic acids is 1. The minimum atomic E-state index is -0.563. The lowest BCUT2D eigenvalue weighted by atomic mass is 9.77. The van der Waals surface area contributed by atoms with Crippen molar-refractivity contribution in [1.82, 2.24) is 9.80 Å². The lowest BCUT2D eigenvalue weighted by Crippen LogP contribution is -2.55. The molecule has 1 heterocycles. The number of nitrogens with zero attached hydrogens (tertiary/aromatic N) is 2. The molecule has 6 heteroatoms. The fourth-order valence-electron chi connectivity index (χ4n) is 4.49. The highest BCUT2D eigenvalue weighted by atomic mass is 35.5. The van der Waals surface area contributed by atoms with E-state index in [9.17, 15) is 4.79 Å². The van der Waals surface area contributed by atoms with Crippen molar-refractivity contribution in [2.45, 2.75) is 31.7 Å². The maximum atomic E-state index is 13.4. The van der Waals surface area contributed by atoms with Gasteiger partial charge in [0.1, 0.15) is 0 Å². The number of hydrogen-bond acceptors (Lipinski definition) is 3. The molecule has 30 heavy (non-hydrogen) atoms. The number of nitrogens with two attached hydrogens (primary N) is 1. The van der Waals surface area contributed by atoms with Gasteiger partial charge in [0.05, 0.1) is 5.41 Å². The van der Waals surface area contributed by atoms with E-state index in [0.717, 1.165) is 31.5 Å². The van der Waals surface area contributed by atoms with Gasteiger partial charge in [-0.25, -0.2) is 0 Å². The Morgan fingerprint density at radius 3 is 1.97 bits per heavy atom. The first-order valence-corrected chi connectivity index (χ1v) is 10.2. The highest BCUT2D eigenvalue weighted by Crippen LogP contribution is 2.38. The standard InChI is InChI=1S/C24H33N3O.2ClH/c1-23(19-25,18-20-10-6-4-7-11-20)22(28)27-16-14-24(15-17-27,26(2)3)21-12-8-5-9-13-21;;/h4-13H,14-19,25H2,1-3H3;2*1H. The summed E-state index contributed by atoms with van der Waals surface area (Å²) in [5.41, 5.74) is 8.01. The summed E-state index contributed by atoms with van der Waals surface area (Å²) in [4.78, 5) is 17.7. The number of amides is 1. The molecule has 1 fully saturated rings. The van der Waals surface area contributed by atoms with E-state index in [0.29, 0.717) is 13.0 Å². The van der Waals surface area contributed by atoms with Gasteiger partial charge in [0, 0.05) is 25.2 Å². The molecule has 1 saturated heterocycles. The van der Waals surface area contributed by atoms with Gasteiger partial charge in [-0.15, -0.1) is 24.8 Å². The normalized spacial score (nSPS) is 17.4. The monoisotopic (exact) mass is 451 g/mol. The molecule has 0 bridgehead atoms. The summed E-state index contributed by atoms with van der Waals surface area (Å²) in [6, 6.07) is 20.8. The number of likely N-dealkylation sites (tertiary alicyclic amines) is 1. The number of rotatable bonds is 6. The van der Waals surface area contributed by atoms with E-state index in [4.69, 9.17) is 5.73 Å². The van der Waals surface area contributed by atoms with Crippen molar-refractivity contribution in [3.63, 3.8) is 0 Å². The first-order valence-electron chi connectivity index (χ1n) is 10.2. The molecule has 0 radical (unpaired) electrons. The number of halogens is 2. The van der Waals surface area contributed by atoms with E-state index in [2.05, 4.69) is 61.5 Å². The fraction of sp³-hybridized carbons (Fsp3) is 0.458. The van der Waals surface area contributed by atoms with Crippen LogP contribution in [0.2, 0.25) is 0 Å². The summed E-state index contributed by atoms with van der Waals surface area (Å²) >= 11 is 0. The summed E-state index contributed by atoms with van der Waals surface area (Å²) in [5, 5.41) is 0. The molecule has 1 aliphatic heterocycles. The van der Waals surface area contributed by atoms with Gasteiger partial charge in [-0.2, -0.15) is 0 Å². The first kappa shape index (κ1) is 26.4. The van der Waals surface area contributed by atoms with E-state index in [-0.39, 0.29) is 36.3 Å². The Hall–Kier alpha value is -1.59. The van der Waals surface area contributed by atoms with Crippen LogP contribution in [0.1, 0.15) is 30.9 Å². The minimum Gasteiger partial charge on any atom is -0.342 e. The van der Waals surface area contributed by atoms with Crippen LogP contribution in [-0.4, -0.2) is 49.4 Å². The molecule has 0 aliphatic carbocycles. The fourth-order valence-corrected chi connectivity index (χ4v) is 4.49. The molecule has 2 aromatic rings. The van der Waals surface area contributed by atoms with Crippen LogP contribution in [0.25, 0.3) is 0 Å². The first-order chi connectivity index (χ1) is 13.4. The van der Waals surface area contributed by atoms with Gasteiger partial charge in [0.2, 0.25) is 5.91 Å². The van der Waals surface area contributed by atoms with Crippen LogP contribution in [0.3, 0.4) is 0 Å². The highest BCUT2D eigenvalue weighted by Gasteiger charge is 2.42. The van der Waals surface area contributed by atoms with Crippen molar-refractivity contribution in [1.29, 1.82) is 0 Å². The van der Waals surface area contributed by atoms with Crippen molar-refractivity contribution in [3.8, 4) is 0 Å². The molecular formula is C24H35Cl2N3O. The number of carbonyl (C=O) groups is 1. The lowest BCUT2D eigenvalue weighted by Gasteiger charge is -2.48. The Balaban J connectivity index is 0.00000225. The molecule has 1 atom stereocenters. The Labute approximate surface area is 193 Å². The summed E-state index contributed by atoms with van der Waals surface area (Å²) in [5.74, 6) is 0.180. The molecule has 0 spiro atoms. The summed E-state index contributed by atoms with van der Waals surface area (Å²) < 4.78 is 0. The Morgan fingerprint density at radius 2 is 1.50 bits per heavy atom. The van der Waals surface area contributed by atoms with Crippen molar-refractivity contribution in [3.05, 3.63) is 71.8 Å². The SMILES string of the molecule is CN(C)C1(c2ccccc2)CCN(C(=O)C(C)(CN)Cc2ccccc2)CC1.Cl.Cl. The molecule has 1 aliphatic rings. The molecule has 1 unspecified atom stereocenters. The third-order valence-electron chi connectivity index (χ3n) is 6.45.